The molecule has 1 rings (SSSR count). The van der Waals surface area contributed by atoms with Gasteiger partial charge in [-0.1, -0.05) is 93.8 Å². The van der Waals surface area contributed by atoms with Gasteiger partial charge in [0.05, 0.1) is 5.54 Å². The highest BCUT2D eigenvalue weighted by Crippen LogP contribution is 2.31. The van der Waals surface area contributed by atoms with Crippen molar-refractivity contribution in [3.8, 4) is 0 Å². The Morgan fingerprint density at radius 1 is 0.808 bits per heavy atom. The summed E-state index contributed by atoms with van der Waals surface area (Å²) in [5.74, 6) is 0. The van der Waals surface area contributed by atoms with Crippen LogP contribution in [0, 0.1) is 0 Å². The number of benzene rings is 1. The predicted octanol–water partition coefficient (Wildman–Crippen LogP) is 6.65. The fourth-order valence-corrected chi connectivity index (χ4v) is 6.07. The molecule has 0 aliphatic carbocycles. The van der Waals surface area contributed by atoms with Gasteiger partial charge in [-0.15, -0.1) is 0 Å². The lowest BCUT2D eigenvalue weighted by atomic mass is 10.1. The van der Waals surface area contributed by atoms with E-state index in [1.165, 1.54) is 11.1 Å². The maximum absolute atomic E-state index is 6.43. The second-order valence-corrected chi connectivity index (χ2v) is 10.5. The smallest absolute Gasteiger partial charge is 0.373 e. The summed E-state index contributed by atoms with van der Waals surface area (Å²) in [5.41, 5.74) is 2.76. The van der Waals surface area contributed by atoms with Crippen LogP contribution in [0.15, 0.2) is 24.3 Å². The molecule has 0 radical (unpaired) electrons. The molecule has 1 unspecified atom stereocenters. The Morgan fingerprint density at radius 2 is 1.23 bits per heavy atom. The van der Waals surface area contributed by atoms with Crippen LogP contribution >= 0.6 is 22.6 Å². The third kappa shape index (κ3) is 7.96. The van der Waals surface area contributed by atoms with E-state index >= 15 is 0 Å². The van der Waals surface area contributed by atoms with Crippen molar-refractivity contribution in [3.63, 3.8) is 0 Å². The van der Waals surface area contributed by atoms with Gasteiger partial charge in [-0.05, 0) is 30.4 Å². The van der Waals surface area contributed by atoms with Crippen LogP contribution in [0.3, 0.4) is 0 Å². The predicted molar refractivity (Wildman–Crippen MR) is 121 cm³/mol. The zero-order valence-corrected chi connectivity index (χ0v) is 20.2. The van der Waals surface area contributed by atoms with Crippen LogP contribution in [-0.2, 0) is 17.7 Å². The molecule has 0 aliphatic rings. The van der Waals surface area contributed by atoms with E-state index in [9.17, 15) is 0 Å². The van der Waals surface area contributed by atoms with Crippen molar-refractivity contribution in [2.75, 3.05) is 19.8 Å². The first-order valence-corrected chi connectivity index (χ1v) is 13.5. The molecule has 1 aromatic rings. The molecule has 0 bridgehead atoms. The average molecular weight is 493 g/mol. The van der Waals surface area contributed by atoms with Gasteiger partial charge in [-0.3, -0.25) is 0 Å². The van der Waals surface area contributed by atoms with E-state index in [1.807, 2.05) is 0 Å². The van der Waals surface area contributed by atoms with Gasteiger partial charge in [0.1, 0.15) is 0 Å². The van der Waals surface area contributed by atoms with Crippen molar-refractivity contribution in [2.45, 2.75) is 76.2 Å². The summed E-state index contributed by atoms with van der Waals surface area (Å²) in [6.07, 6.45) is 6.49. The SMILES string of the molecule is CCCCO[Si](OCCCC)(OCCCC)C(C)c1ccc(CI)cc1. The van der Waals surface area contributed by atoms with Gasteiger partial charge in [-0.25, -0.2) is 0 Å². The van der Waals surface area contributed by atoms with Crippen LogP contribution in [0.25, 0.3) is 0 Å². The Balaban J connectivity index is 3.03. The number of rotatable bonds is 15. The topological polar surface area (TPSA) is 27.7 Å². The second kappa shape index (κ2) is 14.1. The molecule has 0 saturated heterocycles. The van der Waals surface area contributed by atoms with E-state index < -0.39 is 8.80 Å². The highest BCUT2D eigenvalue weighted by atomic mass is 127. The first-order valence-electron chi connectivity index (χ1n) is 10.2. The van der Waals surface area contributed by atoms with Crippen molar-refractivity contribution >= 4 is 31.4 Å². The van der Waals surface area contributed by atoms with E-state index in [2.05, 4.69) is 74.6 Å². The largest absolute Gasteiger partial charge is 0.508 e. The molecule has 3 nitrogen and oxygen atoms in total. The Labute approximate surface area is 175 Å². The van der Waals surface area contributed by atoms with Crippen molar-refractivity contribution in [3.05, 3.63) is 35.4 Å². The Morgan fingerprint density at radius 3 is 1.58 bits per heavy atom. The summed E-state index contributed by atoms with van der Waals surface area (Å²) in [5, 5.41) is 0. The summed E-state index contributed by atoms with van der Waals surface area (Å²) in [4.78, 5) is 0. The number of alkyl halides is 1. The number of hydrogen-bond acceptors (Lipinski definition) is 3. The van der Waals surface area contributed by atoms with E-state index in [0.29, 0.717) is 0 Å². The Bertz CT molecular complexity index is 440. The molecule has 150 valence electrons. The van der Waals surface area contributed by atoms with Gasteiger partial charge in [0.15, 0.2) is 0 Å². The zero-order chi connectivity index (χ0) is 19.3. The Hall–Kier alpha value is 0.0469. The molecule has 0 aromatic heterocycles. The third-order valence-electron chi connectivity index (χ3n) is 4.57. The minimum atomic E-state index is -2.78. The van der Waals surface area contributed by atoms with Crippen molar-refractivity contribution in [2.24, 2.45) is 0 Å². The first-order chi connectivity index (χ1) is 12.6. The van der Waals surface area contributed by atoms with Gasteiger partial charge in [0, 0.05) is 24.2 Å². The lowest BCUT2D eigenvalue weighted by Gasteiger charge is -2.35. The van der Waals surface area contributed by atoms with Crippen molar-refractivity contribution in [1.82, 2.24) is 0 Å². The highest BCUT2D eigenvalue weighted by Gasteiger charge is 2.48. The van der Waals surface area contributed by atoms with Crippen molar-refractivity contribution in [1.29, 1.82) is 0 Å². The van der Waals surface area contributed by atoms with Crippen LogP contribution in [0.5, 0.6) is 0 Å². The molecule has 1 aromatic carbocycles. The number of halogens is 1. The molecule has 0 aliphatic heterocycles. The molecule has 0 N–H and O–H groups in total. The normalized spacial score (nSPS) is 13.1. The van der Waals surface area contributed by atoms with E-state index in [-0.39, 0.29) is 5.54 Å². The summed E-state index contributed by atoms with van der Waals surface area (Å²) in [6.45, 7) is 10.9. The van der Waals surface area contributed by atoms with Crippen LogP contribution in [0.2, 0.25) is 0 Å². The molecule has 5 heteroatoms. The summed E-state index contributed by atoms with van der Waals surface area (Å²) in [6, 6.07) is 8.86. The monoisotopic (exact) mass is 492 g/mol. The van der Waals surface area contributed by atoms with Gasteiger partial charge < -0.3 is 13.3 Å². The van der Waals surface area contributed by atoms with E-state index in [1.54, 1.807) is 0 Å². The second-order valence-electron chi connectivity index (χ2n) is 6.81. The molecule has 0 fully saturated rings. The molecule has 0 saturated carbocycles. The molecule has 0 spiro atoms. The molecule has 26 heavy (non-hydrogen) atoms. The van der Waals surface area contributed by atoms with E-state index in [0.717, 1.165) is 62.8 Å². The lowest BCUT2D eigenvalue weighted by Crippen LogP contribution is -2.51. The summed E-state index contributed by atoms with van der Waals surface area (Å²) >= 11 is 2.40. The maximum Gasteiger partial charge on any atom is 0.508 e. The quantitative estimate of drug-likeness (QED) is 0.119. The van der Waals surface area contributed by atoms with Gasteiger partial charge >= 0.3 is 8.80 Å². The number of hydrogen-bond donors (Lipinski definition) is 0. The van der Waals surface area contributed by atoms with Gasteiger partial charge in [-0.2, -0.15) is 0 Å². The minimum Gasteiger partial charge on any atom is -0.373 e. The average Bonchev–Trinajstić information content (AvgIpc) is 2.67. The standard InChI is InChI=1S/C21H37IO3Si/c1-5-8-15-23-26(24-16-9-6-2,25-17-10-7-3)19(4)21-13-11-20(18-22)12-14-21/h11-14,19H,5-10,15-18H2,1-4H3. The van der Waals surface area contributed by atoms with Crippen LogP contribution in [0.4, 0.5) is 0 Å². The van der Waals surface area contributed by atoms with E-state index in [4.69, 9.17) is 13.3 Å². The molecule has 0 heterocycles. The first kappa shape index (κ1) is 24.1. The molecule has 0 amide bonds. The van der Waals surface area contributed by atoms with Crippen LogP contribution in [0.1, 0.15) is 82.9 Å². The highest BCUT2D eigenvalue weighted by molar-refractivity contribution is 14.1. The van der Waals surface area contributed by atoms with Crippen molar-refractivity contribution < 1.29 is 13.3 Å². The summed E-state index contributed by atoms with van der Waals surface area (Å²) < 4.78 is 20.3. The third-order valence-corrected chi connectivity index (χ3v) is 8.66. The lowest BCUT2D eigenvalue weighted by molar-refractivity contribution is 0.0488. The minimum absolute atomic E-state index is 0.149. The fourth-order valence-electron chi connectivity index (χ4n) is 2.68. The Kier molecular flexibility index (Phi) is 13.1. The molecular weight excluding hydrogens is 455 g/mol. The molecule has 1 atom stereocenters. The van der Waals surface area contributed by atoms with Gasteiger partial charge in [0.2, 0.25) is 0 Å². The van der Waals surface area contributed by atoms with Crippen LogP contribution < -0.4 is 0 Å². The van der Waals surface area contributed by atoms with Gasteiger partial charge in [0.25, 0.3) is 0 Å². The zero-order valence-electron chi connectivity index (χ0n) is 17.1. The fraction of sp³-hybridized carbons (Fsp3) is 0.714. The maximum atomic E-state index is 6.43. The number of unbranched alkanes of at least 4 members (excludes halogenated alkanes) is 3. The van der Waals surface area contributed by atoms with Crippen LogP contribution in [-0.4, -0.2) is 28.6 Å². The molecular formula is C21H37IO3Si. The summed E-state index contributed by atoms with van der Waals surface area (Å²) in [7, 11) is -2.78.